The minimum absolute atomic E-state index is 0.320. The first-order valence-corrected chi connectivity index (χ1v) is 9.60. The van der Waals surface area contributed by atoms with Crippen LogP contribution in [0, 0.1) is 6.92 Å². The van der Waals surface area contributed by atoms with Crippen molar-refractivity contribution < 1.29 is 9.53 Å². The maximum atomic E-state index is 12.5. The average Bonchev–Trinajstić information content (AvgIpc) is 2.94. The molecule has 3 aromatic rings. The first kappa shape index (κ1) is 19.2. The Balaban J connectivity index is 1.88. The van der Waals surface area contributed by atoms with E-state index in [4.69, 9.17) is 4.74 Å². The van der Waals surface area contributed by atoms with Crippen LogP contribution in [0.3, 0.4) is 0 Å². The zero-order valence-corrected chi connectivity index (χ0v) is 17.2. The number of rotatable bonds is 6. The van der Waals surface area contributed by atoms with E-state index in [9.17, 15) is 4.79 Å². The lowest BCUT2D eigenvalue weighted by atomic mass is 10.1. The highest BCUT2D eigenvalue weighted by molar-refractivity contribution is 9.10. The molecule has 6 heteroatoms. The van der Waals surface area contributed by atoms with Crippen LogP contribution in [0.2, 0.25) is 0 Å². The minimum Gasteiger partial charge on any atom is -0.496 e. The molecule has 1 aromatic heterocycles. The van der Waals surface area contributed by atoms with Crippen molar-refractivity contribution in [2.24, 2.45) is 5.10 Å². The van der Waals surface area contributed by atoms with E-state index in [0.717, 1.165) is 34.1 Å². The molecule has 0 unspecified atom stereocenters. The number of hydrazone groups is 1. The Morgan fingerprint density at radius 3 is 2.81 bits per heavy atom. The highest BCUT2D eigenvalue weighted by atomic mass is 79.9. The van der Waals surface area contributed by atoms with Crippen LogP contribution < -0.4 is 10.2 Å². The maximum Gasteiger partial charge on any atom is 0.275 e. The van der Waals surface area contributed by atoms with Gasteiger partial charge < -0.3 is 9.30 Å². The Kier molecular flexibility index (Phi) is 5.96. The summed E-state index contributed by atoms with van der Waals surface area (Å²) in [6.07, 6.45) is 2.77. The molecule has 1 N–H and O–H groups in total. The van der Waals surface area contributed by atoms with Gasteiger partial charge in [0.2, 0.25) is 0 Å². The first-order chi connectivity index (χ1) is 13.1. The normalized spacial score (nSPS) is 11.3. The van der Waals surface area contributed by atoms with Crippen LogP contribution in [0.4, 0.5) is 0 Å². The summed E-state index contributed by atoms with van der Waals surface area (Å²) in [6, 6.07) is 13.5. The van der Waals surface area contributed by atoms with Gasteiger partial charge in [-0.3, -0.25) is 4.79 Å². The monoisotopic (exact) mass is 427 g/mol. The van der Waals surface area contributed by atoms with Gasteiger partial charge in [0.05, 0.1) is 18.9 Å². The van der Waals surface area contributed by atoms with E-state index in [1.54, 1.807) is 18.3 Å². The number of hydrogen-bond donors (Lipinski definition) is 1. The summed E-state index contributed by atoms with van der Waals surface area (Å²) in [6.45, 7) is 5.19. The van der Waals surface area contributed by atoms with E-state index in [0.29, 0.717) is 11.3 Å². The number of nitrogens with zero attached hydrogens (tertiary/aromatic N) is 2. The van der Waals surface area contributed by atoms with Gasteiger partial charge in [0.15, 0.2) is 0 Å². The highest BCUT2D eigenvalue weighted by Gasteiger charge is 2.14. The van der Waals surface area contributed by atoms with Crippen molar-refractivity contribution in [3.8, 4) is 5.75 Å². The second-order valence-electron chi connectivity index (χ2n) is 6.21. The topological polar surface area (TPSA) is 55.6 Å². The molecular formula is C21H22BrN3O2. The Labute approximate surface area is 167 Å². The van der Waals surface area contributed by atoms with Crippen LogP contribution in [0.1, 0.15) is 35.0 Å². The van der Waals surface area contributed by atoms with Gasteiger partial charge in [0, 0.05) is 33.2 Å². The number of nitrogens with one attached hydrogen (secondary N) is 1. The van der Waals surface area contributed by atoms with Crippen LogP contribution in [0.25, 0.3) is 10.9 Å². The Morgan fingerprint density at radius 2 is 2.07 bits per heavy atom. The third kappa shape index (κ3) is 3.90. The summed E-state index contributed by atoms with van der Waals surface area (Å²) in [5, 5.41) is 5.33. The molecular weight excluding hydrogens is 406 g/mol. The molecule has 0 aliphatic carbocycles. The zero-order valence-electron chi connectivity index (χ0n) is 15.6. The Morgan fingerprint density at radius 1 is 1.30 bits per heavy atom. The van der Waals surface area contributed by atoms with Crippen LogP contribution in [0.5, 0.6) is 5.75 Å². The number of halogens is 1. The number of aryl methyl sites for hydroxylation is 1. The first-order valence-electron chi connectivity index (χ1n) is 8.81. The van der Waals surface area contributed by atoms with Crippen LogP contribution in [-0.2, 0) is 6.54 Å². The average molecular weight is 428 g/mol. The van der Waals surface area contributed by atoms with E-state index >= 15 is 0 Å². The van der Waals surface area contributed by atoms with E-state index < -0.39 is 0 Å². The molecule has 0 aliphatic heterocycles. The largest absolute Gasteiger partial charge is 0.496 e. The summed E-state index contributed by atoms with van der Waals surface area (Å²) in [5.41, 5.74) is 6.36. The van der Waals surface area contributed by atoms with Gasteiger partial charge in [-0.05, 0) is 37.6 Å². The van der Waals surface area contributed by atoms with Crippen LogP contribution >= 0.6 is 15.9 Å². The van der Waals surface area contributed by atoms with Crippen molar-refractivity contribution >= 4 is 39.0 Å². The van der Waals surface area contributed by atoms with E-state index in [1.807, 2.05) is 18.2 Å². The Hall–Kier alpha value is -2.60. The smallest absolute Gasteiger partial charge is 0.275 e. The molecule has 0 radical (unpaired) electrons. The van der Waals surface area contributed by atoms with Crippen LogP contribution in [0.15, 0.2) is 52.0 Å². The quantitative estimate of drug-likeness (QED) is 0.449. The van der Waals surface area contributed by atoms with Gasteiger partial charge >= 0.3 is 0 Å². The number of carbonyl (C=O) groups is 1. The van der Waals surface area contributed by atoms with Gasteiger partial charge in [-0.1, -0.05) is 41.1 Å². The molecule has 0 bridgehead atoms. The number of methoxy groups -OCH3 is 1. The number of benzene rings is 2. The predicted octanol–water partition coefficient (Wildman–Crippen LogP) is 4.89. The molecule has 27 heavy (non-hydrogen) atoms. The van der Waals surface area contributed by atoms with Gasteiger partial charge in [-0.25, -0.2) is 5.43 Å². The van der Waals surface area contributed by atoms with Crippen molar-refractivity contribution in [2.45, 2.75) is 26.8 Å². The molecule has 0 spiro atoms. The summed E-state index contributed by atoms with van der Waals surface area (Å²) < 4.78 is 8.35. The van der Waals surface area contributed by atoms with E-state index in [-0.39, 0.29) is 5.91 Å². The third-order valence-corrected chi connectivity index (χ3v) is 4.99. The molecule has 140 valence electrons. The molecule has 0 atom stereocenters. The fraction of sp³-hybridized carbons (Fsp3) is 0.238. The van der Waals surface area contributed by atoms with Gasteiger partial charge in [0.25, 0.3) is 5.91 Å². The summed E-state index contributed by atoms with van der Waals surface area (Å²) in [4.78, 5) is 12.5. The number of aromatic nitrogens is 1. The number of carbonyl (C=O) groups excluding carboxylic acids is 1. The Bertz CT molecular complexity index is 1010. The van der Waals surface area contributed by atoms with Crippen molar-refractivity contribution in [1.82, 2.24) is 9.99 Å². The lowest BCUT2D eigenvalue weighted by Crippen LogP contribution is -2.18. The predicted molar refractivity (Wildman–Crippen MR) is 113 cm³/mol. The molecule has 0 aliphatic rings. The van der Waals surface area contributed by atoms with Crippen molar-refractivity contribution in [3.05, 3.63) is 63.8 Å². The number of para-hydroxylation sites is 1. The molecule has 0 fully saturated rings. The molecule has 1 heterocycles. The molecule has 5 nitrogen and oxygen atoms in total. The number of fused-ring (bicyclic) bond motifs is 1. The van der Waals surface area contributed by atoms with Gasteiger partial charge in [0.1, 0.15) is 5.75 Å². The fourth-order valence-electron chi connectivity index (χ4n) is 3.21. The van der Waals surface area contributed by atoms with Crippen molar-refractivity contribution in [2.75, 3.05) is 7.11 Å². The fourth-order valence-corrected chi connectivity index (χ4v) is 3.57. The van der Waals surface area contributed by atoms with E-state index in [1.165, 1.54) is 12.6 Å². The zero-order chi connectivity index (χ0) is 19.4. The van der Waals surface area contributed by atoms with E-state index in [2.05, 4.69) is 57.0 Å². The summed E-state index contributed by atoms with van der Waals surface area (Å²) >= 11 is 3.38. The minimum atomic E-state index is -0.320. The maximum absolute atomic E-state index is 12.5. The highest BCUT2D eigenvalue weighted by Crippen LogP contribution is 2.25. The molecule has 0 saturated heterocycles. The van der Waals surface area contributed by atoms with Gasteiger partial charge in [-0.15, -0.1) is 0 Å². The number of amides is 1. The SMILES string of the molecule is CCCn1c(C)c(/C=N\NC(=O)c2cc(Br)ccc2OC)c2ccccc21. The van der Waals surface area contributed by atoms with Crippen LogP contribution in [-0.4, -0.2) is 23.8 Å². The molecule has 3 rings (SSSR count). The lowest BCUT2D eigenvalue weighted by molar-refractivity contribution is 0.0952. The third-order valence-electron chi connectivity index (χ3n) is 4.49. The number of hydrogen-bond acceptors (Lipinski definition) is 3. The second-order valence-corrected chi connectivity index (χ2v) is 7.13. The molecule has 0 saturated carbocycles. The standard InChI is InChI=1S/C21H22BrN3O2/c1-4-11-25-14(2)18(16-7-5-6-8-19(16)25)13-23-24-21(26)17-12-15(22)9-10-20(17)27-3/h5-10,12-13H,4,11H2,1-3H3,(H,24,26)/b23-13-. The summed E-state index contributed by atoms with van der Waals surface area (Å²) in [7, 11) is 1.54. The number of ether oxygens (including phenoxy) is 1. The lowest BCUT2D eigenvalue weighted by Gasteiger charge is -2.07. The molecule has 1 amide bonds. The molecule has 2 aromatic carbocycles. The second kappa shape index (κ2) is 8.39. The van der Waals surface area contributed by atoms with Crippen molar-refractivity contribution in [1.29, 1.82) is 0 Å². The van der Waals surface area contributed by atoms with Gasteiger partial charge in [-0.2, -0.15) is 5.10 Å². The van der Waals surface area contributed by atoms with Crippen molar-refractivity contribution in [3.63, 3.8) is 0 Å². The summed E-state index contributed by atoms with van der Waals surface area (Å²) in [5.74, 6) is 0.181.